The lowest BCUT2D eigenvalue weighted by Crippen LogP contribution is -2.42. The molecule has 1 amide bonds. The highest BCUT2D eigenvalue weighted by atomic mass is 16.4. The van der Waals surface area contributed by atoms with E-state index in [1.807, 2.05) is 26.8 Å². The first kappa shape index (κ1) is 16.2. The zero-order valence-electron chi connectivity index (χ0n) is 12.2. The fourth-order valence-electron chi connectivity index (χ4n) is 1.93. The van der Waals surface area contributed by atoms with Gasteiger partial charge in [0.25, 0.3) is 0 Å². The van der Waals surface area contributed by atoms with Crippen molar-refractivity contribution in [3.63, 3.8) is 0 Å². The summed E-state index contributed by atoms with van der Waals surface area (Å²) in [5, 5.41) is 8.82. The lowest BCUT2D eigenvalue weighted by Gasteiger charge is -2.35. The fourth-order valence-corrected chi connectivity index (χ4v) is 1.93. The molecule has 20 heavy (non-hydrogen) atoms. The Kier molecular flexibility index (Phi) is 5.27. The summed E-state index contributed by atoms with van der Waals surface area (Å²) >= 11 is 0. The molecule has 0 saturated carbocycles. The van der Waals surface area contributed by atoms with E-state index in [0.717, 1.165) is 5.56 Å². The van der Waals surface area contributed by atoms with Crippen molar-refractivity contribution in [3.8, 4) is 0 Å². The molecule has 0 atom stereocenters. The second-order valence-electron chi connectivity index (χ2n) is 5.80. The average molecular weight is 278 g/mol. The van der Waals surface area contributed by atoms with Gasteiger partial charge in [0.05, 0.1) is 6.42 Å². The molecule has 0 spiro atoms. The van der Waals surface area contributed by atoms with Gasteiger partial charge < -0.3 is 10.8 Å². The lowest BCUT2D eigenvalue weighted by molar-refractivity contribution is -0.137. The predicted octanol–water partition coefficient (Wildman–Crippen LogP) is 1.86. The van der Waals surface area contributed by atoms with Crippen molar-refractivity contribution >= 4 is 11.9 Å². The molecule has 1 aromatic rings. The van der Waals surface area contributed by atoms with Gasteiger partial charge in [0.15, 0.2) is 0 Å². The second-order valence-corrected chi connectivity index (χ2v) is 5.80. The molecular formula is C15H22N2O3. The van der Waals surface area contributed by atoms with Gasteiger partial charge in [-0.2, -0.15) is 0 Å². The van der Waals surface area contributed by atoms with Gasteiger partial charge in [-0.25, -0.2) is 0 Å². The van der Waals surface area contributed by atoms with Crippen molar-refractivity contribution in [1.29, 1.82) is 0 Å². The number of carboxylic acid groups (broad SMARTS) is 1. The smallest absolute Gasteiger partial charge is 0.304 e. The Balaban J connectivity index is 2.86. The van der Waals surface area contributed by atoms with Crippen molar-refractivity contribution in [2.45, 2.75) is 39.3 Å². The predicted molar refractivity (Wildman–Crippen MR) is 77.4 cm³/mol. The maximum Gasteiger partial charge on any atom is 0.304 e. The number of carbonyl (C=O) groups is 2. The fraction of sp³-hybridized carbons (Fsp3) is 0.467. The van der Waals surface area contributed by atoms with Gasteiger partial charge in [-0.05, 0) is 38.5 Å². The molecule has 0 heterocycles. The molecule has 0 radical (unpaired) electrons. The summed E-state index contributed by atoms with van der Waals surface area (Å²) in [7, 11) is 0. The van der Waals surface area contributed by atoms with E-state index in [4.69, 9.17) is 10.8 Å². The van der Waals surface area contributed by atoms with Crippen LogP contribution in [0.15, 0.2) is 24.3 Å². The normalized spacial score (nSPS) is 11.6. The minimum atomic E-state index is -0.815. The Morgan fingerprint density at radius 3 is 2.45 bits per heavy atom. The number of aliphatic carboxylic acids is 1. The highest BCUT2D eigenvalue weighted by Crippen LogP contribution is 2.18. The van der Waals surface area contributed by atoms with Crippen LogP contribution in [-0.2, 0) is 11.3 Å². The minimum absolute atomic E-state index is 0.0901. The van der Waals surface area contributed by atoms with Gasteiger partial charge in [0.2, 0.25) is 5.91 Å². The van der Waals surface area contributed by atoms with Crippen molar-refractivity contribution < 1.29 is 14.7 Å². The molecule has 1 rings (SSSR count). The number of amides is 1. The summed E-state index contributed by atoms with van der Waals surface area (Å²) in [6.45, 7) is 7.14. The van der Waals surface area contributed by atoms with Gasteiger partial charge in [0, 0.05) is 24.2 Å². The number of hydrogen-bond donors (Lipinski definition) is 2. The van der Waals surface area contributed by atoms with Crippen molar-refractivity contribution in [1.82, 2.24) is 4.90 Å². The standard InChI is InChI=1S/C15H22N2O3/c1-15(2,3)17(8-7-13(18)19)10-11-5-4-6-12(9-11)14(16)20/h4-6,9H,7-8,10H2,1-3H3,(H2,16,20)(H,18,19). The van der Waals surface area contributed by atoms with E-state index in [-0.39, 0.29) is 12.0 Å². The zero-order chi connectivity index (χ0) is 15.3. The summed E-state index contributed by atoms with van der Waals surface area (Å²) < 4.78 is 0. The molecule has 0 aliphatic rings. The van der Waals surface area contributed by atoms with E-state index in [2.05, 4.69) is 4.90 Å². The molecule has 110 valence electrons. The summed E-state index contributed by atoms with van der Waals surface area (Å²) in [6.07, 6.45) is 0.0901. The number of nitrogens with zero attached hydrogens (tertiary/aromatic N) is 1. The van der Waals surface area contributed by atoms with E-state index in [1.165, 1.54) is 0 Å². The first-order valence-electron chi connectivity index (χ1n) is 6.56. The van der Waals surface area contributed by atoms with Gasteiger partial charge >= 0.3 is 5.97 Å². The van der Waals surface area contributed by atoms with Crippen LogP contribution in [0.25, 0.3) is 0 Å². The quantitative estimate of drug-likeness (QED) is 0.832. The number of rotatable bonds is 6. The van der Waals surface area contributed by atoms with Crippen LogP contribution in [-0.4, -0.2) is 34.0 Å². The van der Waals surface area contributed by atoms with Crippen molar-refractivity contribution in [3.05, 3.63) is 35.4 Å². The number of carbonyl (C=O) groups excluding carboxylic acids is 1. The van der Waals surface area contributed by atoms with Gasteiger partial charge in [-0.1, -0.05) is 12.1 Å². The van der Waals surface area contributed by atoms with Crippen LogP contribution < -0.4 is 5.73 Å². The molecule has 0 aromatic heterocycles. The minimum Gasteiger partial charge on any atom is -0.481 e. The average Bonchev–Trinajstić information content (AvgIpc) is 2.33. The van der Waals surface area contributed by atoms with Crippen LogP contribution in [0.1, 0.15) is 43.1 Å². The summed E-state index contributed by atoms with van der Waals surface area (Å²) in [6, 6.07) is 7.12. The topological polar surface area (TPSA) is 83.6 Å². The molecule has 0 aliphatic heterocycles. The van der Waals surface area contributed by atoms with Gasteiger partial charge in [-0.3, -0.25) is 14.5 Å². The molecule has 3 N–H and O–H groups in total. The number of nitrogens with two attached hydrogens (primary N) is 1. The molecule has 5 heteroatoms. The first-order chi connectivity index (χ1) is 9.20. The number of hydrogen-bond acceptors (Lipinski definition) is 3. The Morgan fingerprint density at radius 1 is 1.30 bits per heavy atom. The van der Waals surface area contributed by atoms with Crippen molar-refractivity contribution in [2.24, 2.45) is 5.73 Å². The number of benzene rings is 1. The van der Waals surface area contributed by atoms with Gasteiger partial charge in [0.1, 0.15) is 0 Å². The third-order valence-corrected chi connectivity index (χ3v) is 3.13. The molecule has 0 aliphatic carbocycles. The van der Waals surface area contributed by atoms with E-state index < -0.39 is 11.9 Å². The second kappa shape index (κ2) is 6.52. The van der Waals surface area contributed by atoms with E-state index in [1.54, 1.807) is 18.2 Å². The highest BCUT2D eigenvalue weighted by molar-refractivity contribution is 5.92. The van der Waals surface area contributed by atoms with Crippen LogP contribution >= 0.6 is 0 Å². The maximum absolute atomic E-state index is 11.2. The third-order valence-electron chi connectivity index (χ3n) is 3.13. The number of carboxylic acids is 1. The Bertz CT molecular complexity index is 492. The van der Waals surface area contributed by atoms with Crippen LogP contribution in [0.5, 0.6) is 0 Å². The lowest BCUT2D eigenvalue weighted by atomic mass is 10.0. The Morgan fingerprint density at radius 2 is 1.95 bits per heavy atom. The highest BCUT2D eigenvalue weighted by Gasteiger charge is 2.22. The largest absolute Gasteiger partial charge is 0.481 e. The van der Waals surface area contributed by atoms with E-state index in [0.29, 0.717) is 18.7 Å². The molecule has 0 fully saturated rings. The summed E-state index contributed by atoms with van der Waals surface area (Å²) in [5.74, 6) is -1.27. The molecular weight excluding hydrogens is 256 g/mol. The molecule has 0 unspecified atom stereocenters. The molecule has 1 aromatic carbocycles. The third kappa shape index (κ3) is 5.01. The Labute approximate surface area is 119 Å². The SMILES string of the molecule is CC(C)(C)N(CCC(=O)O)Cc1cccc(C(N)=O)c1. The van der Waals surface area contributed by atoms with E-state index >= 15 is 0 Å². The molecule has 0 saturated heterocycles. The maximum atomic E-state index is 11.2. The summed E-state index contributed by atoms with van der Waals surface area (Å²) in [5.41, 5.74) is 6.53. The van der Waals surface area contributed by atoms with Gasteiger partial charge in [-0.15, -0.1) is 0 Å². The van der Waals surface area contributed by atoms with Crippen LogP contribution in [0.3, 0.4) is 0 Å². The molecule has 5 nitrogen and oxygen atoms in total. The zero-order valence-corrected chi connectivity index (χ0v) is 12.2. The Hall–Kier alpha value is -1.88. The van der Waals surface area contributed by atoms with Crippen LogP contribution in [0.4, 0.5) is 0 Å². The monoisotopic (exact) mass is 278 g/mol. The number of primary amides is 1. The summed E-state index contributed by atoms with van der Waals surface area (Å²) in [4.78, 5) is 24.0. The van der Waals surface area contributed by atoms with Crippen molar-refractivity contribution in [2.75, 3.05) is 6.54 Å². The molecule has 0 bridgehead atoms. The van der Waals surface area contributed by atoms with Crippen LogP contribution in [0, 0.1) is 0 Å². The van der Waals surface area contributed by atoms with Crippen LogP contribution in [0.2, 0.25) is 0 Å². The first-order valence-corrected chi connectivity index (χ1v) is 6.56. The van der Waals surface area contributed by atoms with E-state index in [9.17, 15) is 9.59 Å².